The van der Waals surface area contributed by atoms with Crippen molar-refractivity contribution >= 4 is 11.8 Å². The fourth-order valence-electron chi connectivity index (χ4n) is 1.06. The Hall–Kier alpha value is -0.0677. The molecule has 0 amide bonds. The van der Waals surface area contributed by atoms with Gasteiger partial charge in [0.05, 0.1) is 0 Å². The largest absolute Gasteiger partial charge is 1.00 e. The molecule has 0 nitrogen and oxygen atoms in total. The van der Waals surface area contributed by atoms with Crippen molar-refractivity contribution in [1.82, 2.24) is 0 Å². The SMILES string of the molecule is [Br-].[Pd].[c]1ccccc1Sc1ccccc1. The summed E-state index contributed by atoms with van der Waals surface area (Å²) < 4.78 is 0. The van der Waals surface area contributed by atoms with E-state index in [-0.39, 0.29) is 37.4 Å². The van der Waals surface area contributed by atoms with Crippen molar-refractivity contribution in [3.05, 3.63) is 60.7 Å². The van der Waals surface area contributed by atoms with E-state index in [1.165, 1.54) is 4.90 Å². The Kier molecular flexibility index (Phi) is 8.09. The third kappa shape index (κ3) is 4.99. The number of benzene rings is 2. The van der Waals surface area contributed by atoms with Crippen LogP contribution in [0.5, 0.6) is 0 Å². The first-order valence-electron chi connectivity index (χ1n) is 4.15. The predicted molar refractivity (Wildman–Crippen MR) is 55.8 cm³/mol. The predicted octanol–water partition coefficient (Wildman–Crippen LogP) is 0.639. The van der Waals surface area contributed by atoms with Gasteiger partial charge in [0, 0.05) is 30.2 Å². The zero-order chi connectivity index (χ0) is 8.93. The van der Waals surface area contributed by atoms with Gasteiger partial charge in [0.25, 0.3) is 0 Å². The number of halogens is 1. The molecule has 0 heterocycles. The molecule has 15 heavy (non-hydrogen) atoms. The molecule has 0 aromatic heterocycles. The molecule has 0 spiro atoms. The molecule has 0 aliphatic rings. The van der Waals surface area contributed by atoms with Gasteiger partial charge in [0.15, 0.2) is 0 Å². The van der Waals surface area contributed by atoms with Crippen molar-refractivity contribution in [1.29, 1.82) is 0 Å². The molecule has 2 aromatic rings. The molecule has 0 saturated heterocycles. The van der Waals surface area contributed by atoms with E-state index in [0.717, 1.165) is 4.90 Å². The van der Waals surface area contributed by atoms with Crippen molar-refractivity contribution in [3.8, 4) is 0 Å². The zero-order valence-electron chi connectivity index (χ0n) is 7.80. The molecule has 0 aliphatic carbocycles. The Morgan fingerprint density at radius 3 is 2.13 bits per heavy atom. The summed E-state index contributed by atoms with van der Waals surface area (Å²) in [5.74, 6) is 0. The number of rotatable bonds is 2. The van der Waals surface area contributed by atoms with E-state index in [4.69, 9.17) is 0 Å². The van der Waals surface area contributed by atoms with Crippen molar-refractivity contribution < 1.29 is 37.4 Å². The fourth-order valence-corrected chi connectivity index (χ4v) is 1.88. The van der Waals surface area contributed by atoms with Gasteiger partial charge in [0.2, 0.25) is 0 Å². The topological polar surface area (TPSA) is 0 Å². The van der Waals surface area contributed by atoms with E-state index in [9.17, 15) is 0 Å². The Morgan fingerprint density at radius 1 is 0.867 bits per heavy atom. The van der Waals surface area contributed by atoms with E-state index in [0.29, 0.717) is 0 Å². The summed E-state index contributed by atoms with van der Waals surface area (Å²) >= 11 is 1.73. The van der Waals surface area contributed by atoms with Gasteiger partial charge in [-0.15, -0.1) is 0 Å². The molecular formula is C12H9BrPdS-. The molecule has 81 valence electrons. The van der Waals surface area contributed by atoms with Crippen molar-refractivity contribution in [3.63, 3.8) is 0 Å². The molecule has 3 heteroatoms. The van der Waals surface area contributed by atoms with Crippen LogP contribution < -0.4 is 17.0 Å². The summed E-state index contributed by atoms with van der Waals surface area (Å²) in [6.45, 7) is 0. The summed E-state index contributed by atoms with van der Waals surface area (Å²) in [4.78, 5) is 2.42. The molecule has 0 bridgehead atoms. The second-order valence-corrected chi connectivity index (χ2v) is 3.76. The Bertz CT molecular complexity index is 326. The second-order valence-electron chi connectivity index (χ2n) is 2.64. The molecule has 0 aliphatic heterocycles. The molecule has 2 rings (SSSR count). The Morgan fingerprint density at radius 2 is 1.53 bits per heavy atom. The van der Waals surface area contributed by atoms with Crippen LogP contribution in [0.15, 0.2) is 64.4 Å². The van der Waals surface area contributed by atoms with E-state index in [2.05, 4.69) is 24.3 Å². The standard InChI is InChI=1S/C12H9S.BrH.Pd/c1-3-7-11(8-4-1)13-12-9-5-2-6-10-12;;/h1-9H;1H;/p-1. The maximum atomic E-state index is 3.18. The summed E-state index contributed by atoms with van der Waals surface area (Å²) in [7, 11) is 0. The normalized spacial score (nSPS) is 8.53. The molecule has 2 aromatic carbocycles. The van der Waals surface area contributed by atoms with E-state index >= 15 is 0 Å². The van der Waals surface area contributed by atoms with Crippen molar-refractivity contribution in [2.24, 2.45) is 0 Å². The van der Waals surface area contributed by atoms with Crippen LogP contribution >= 0.6 is 11.8 Å². The molecular weight excluding hydrogens is 363 g/mol. The Labute approximate surface area is 119 Å². The van der Waals surface area contributed by atoms with Crippen molar-refractivity contribution in [2.45, 2.75) is 9.79 Å². The summed E-state index contributed by atoms with van der Waals surface area (Å²) in [5.41, 5.74) is 0. The first-order valence-corrected chi connectivity index (χ1v) is 4.96. The summed E-state index contributed by atoms with van der Waals surface area (Å²) in [6, 6.07) is 21.5. The number of hydrogen-bond donors (Lipinski definition) is 0. The minimum atomic E-state index is 0. The molecule has 0 atom stereocenters. The van der Waals surface area contributed by atoms with Crippen LogP contribution in [0.4, 0.5) is 0 Å². The van der Waals surface area contributed by atoms with Gasteiger partial charge in [-0.2, -0.15) is 0 Å². The van der Waals surface area contributed by atoms with Gasteiger partial charge < -0.3 is 17.0 Å². The molecule has 0 N–H and O–H groups in total. The first kappa shape index (κ1) is 14.9. The van der Waals surface area contributed by atoms with Crippen LogP contribution in [0.1, 0.15) is 0 Å². The minimum Gasteiger partial charge on any atom is -1.00 e. The summed E-state index contributed by atoms with van der Waals surface area (Å²) in [6.07, 6.45) is 0. The molecule has 1 radical (unpaired) electrons. The van der Waals surface area contributed by atoms with Gasteiger partial charge in [-0.25, -0.2) is 0 Å². The van der Waals surface area contributed by atoms with Crippen molar-refractivity contribution in [2.75, 3.05) is 0 Å². The van der Waals surface area contributed by atoms with Crippen LogP contribution in [0.25, 0.3) is 0 Å². The van der Waals surface area contributed by atoms with Gasteiger partial charge in [-0.3, -0.25) is 0 Å². The maximum absolute atomic E-state index is 3.18. The average molecular weight is 372 g/mol. The third-order valence-electron chi connectivity index (χ3n) is 1.65. The second kappa shape index (κ2) is 8.13. The van der Waals surface area contributed by atoms with Gasteiger partial charge in [-0.05, 0) is 24.3 Å². The van der Waals surface area contributed by atoms with Crippen LogP contribution in [0, 0.1) is 6.07 Å². The van der Waals surface area contributed by atoms with E-state index < -0.39 is 0 Å². The quantitative estimate of drug-likeness (QED) is 0.698. The molecule has 0 unspecified atom stereocenters. The molecule has 0 saturated carbocycles. The zero-order valence-corrected chi connectivity index (χ0v) is 11.8. The van der Waals surface area contributed by atoms with E-state index in [1.807, 2.05) is 36.4 Å². The van der Waals surface area contributed by atoms with Crippen LogP contribution in [-0.4, -0.2) is 0 Å². The van der Waals surface area contributed by atoms with Gasteiger partial charge in [-0.1, -0.05) is 48.2 Å². The smallest absolute Gasteiger partial charge is 0.0201 e. The monoisotopic (exact) mass is 370 g/mol. The fraction of sp³-hybridized carbons (Fsp3) is 0. The molecule has 0 fully saturated rings. The first-order chi connectivity index (χ1) is 6.45. The minimum absolute atomic E-state index is 0. The van der Waals surface area contributed by atoms with Gasteiger partial charge in [0.1, 0.15) is 0 Å². The van der Waals surface area contributed by atoms with Crippen LogP contribution in [0.3, 0.4) is 0 Å². The summed E-state index contributed by atoms with van der Waals surface area (Å²) in [5, 5.41) is 0. The number of hydrogen-bond acceptors (Lipinski definition) is 1. The van der Waals surface area contributed by atoms with E-state index in [1.54, 1.807) is 11.8 Å². The van der Waals surface area contributed by atoms with Crippen LogP contribution in [0.2, 0.25) is 0 Å². The third-order valence-corrected chi connectivity index (χ3v) is 2.63. The maximum Gasteiger partial charge on any atom is 0.0201 e. The Balaban J connectivity index is 0.000000980. The van der Waals surface area contributed by atoms with Gasteiger partial charge >= 0.3 is 0 Å². The van der Waals surface area contributed by atoms with Crippen LogP contribution in [-0.2, 0) is 20.4 Å². The average Bonchev–Trinajstić information content (AvgIpc) is 2.21.